The molecule has 112 valence electrons. The van der Waals surface area contributed by atoms with Crippen molar-refractivity contribution in [3.05, 3.63) is 35.1 Å². The highest BCUT2D eigenvalue weighted by Crippen LogP contribution is 2.34. The molecule has 2 aliphatic rings. The second-order valence-corrected chi connectivity index (χ2v) is 6.34. The first-order chi connectivity index (χ1) is 10.2. The molecule has 2 fully saturated rings. The number of rotatable bonds is 6. The molecule has 3 heteroatoms. The smallest absolute Gasteiger partial charge is 0.124 e. The predicted molar refractivity (Wildman–Crippen MR) is 81.1 cm³/mol. The third-order valence-electron chi connectivity index (χ3n) is 4.19. The Morgan fingerprint density at radius 1 is 1.14 bits per heavy atom. The summed E-state index contributed by atoms with van der Waals surface area (Å²) in [7, 11) is 0. The first kappa shape index (κ1) is 14.6. The van der Waals surface area contributed by atoms with Crippen molar-refractivity contribution in [1.82, 2.24) is 4.90 Å². The van der Waals surface area contributed by atoms with Crippen molar-refractivity contribution in [2.24, 2.45) is 11.8 Å². The van der Waals surface area contributed by atoms with E-state index in [4.69, 9.17) is 5.11 Å². The van der Waals surface area contributed by atoms with Crippen LogP contribution in [-0.4, -0.2) is 29.7 Å². The van der Waals surface area contributed by atoms with Gasteiger partial charge in [0.15, 0.2) is 0 Å². The maximum Gasteiger partial charge on any atom is 0.124 e. The lowest BCUT2D eigenvalue weighted by Gasteiger charge is -2.23. The maximum atomic E-state index is 13.4. The number of aliphatic hydroxyl groups is 1. The SMILES string of the molecule is OCC#Cc1cc(F)ccc1CN(CC1CC1)CC1CC1. The number of nitrogens with zero attached hydrogens (tertiary/aromatic N) is 1. The first-order valence-electron chi connectivity index (χ1n) is 7.85. The van der Waals surface area contributed by atoms with Gasteiger partial charge < -0.3 is 5.11 Å². The van der Waals surface area contributed by atoms with Crippen molar-refractivity contribution < 1.29 is 9.50 Å². The summed E-state index contributed by atoms with van der Waals surface area (Å²) in [6.45, 7) is 2.95. The molecular weight excluding hydrogens is 265 g/mol. The highest BCUT2D eigenvalue weighted by atomic mass is 19.1. The number of aliphatic hydroxyl groups excluding tert-OH is 1. The zero-order valence-electron chi connectivity index (χ0n) is 12.3. The molecule has 1 aromatic rings. The van der Waals surface area contributed by atoms with Crippen LogP contribution in [0, 0.1) is 29.5 Å². The molecule has 2 aliphatic carbocycles. The van der Waals surface area contributed by atoms with Gasteiger partial charge in [0, 0.05) is 25.2 Å². The lowest BCUT2D eigenvalue weighted by Crippen LogP contribution is -2.28. The average Bonchev–Trinajstić information content (AvgIpc) is 3.35. The highest BCUT2D eigenvalue weighted by Gasteiger charge is 2.29. The molecule has 0 saturated heterocycles. The van der Waals surface area contributed by atoms with Crippen molar-refractivity contribution in [3.8, 4) is 11.8 Å². The molecule has 0 aliphatic heterocycles. The van der Waals surface area contributed by atoms with Crippen LogP contribution < -0.4 is 0 Å². The molecular formula is C18H22FNO. The van der Waals surface area contributed by atoms with Crippen molar-refractivity contribution in [1.29, 1.82) is 0 Å². The number of halogens is 1. The summed E-state index contributed by atoms with van der Waals surface area (Å²) in [5.41, 5.74) is 1.78. The summed E-state index contributed by atoms with van der Waals surface area (Å²) in [5.74, 6) is 6.96. The first-order valence-corrected chi connectivity index (χ1v) is 7.85. The molecule has 0 bridgehead atoms. The third-order valence-corrected chi connectivity index (χ3v) is 4.19. The summed E-state index contributed by atoms with van der Waals surface area (Å²) >= 11 is 0. The Labute approximate surface area is 126 Å². The lowest BCUT2D eigenvalue weighted by molar-refractivity contribution is 0.244. The lowest BCUT2D eigenvalue weighted by atomic mass is 10.1. The fraction of sp³-hybridized carbons (Fsp3) is 0.556. The van der Waals surface area contributed by atoms with E-state index in [9.17, 15) is 4.39 Å². The summed E-state index contributed by atoms with van der Waals surface area (Å²) in [6, 6.07) is 4.82. The van der Waals surface area contributed by atoms with Gasteiger partial charge in [0.25, 0.3) is 0 Å². The van der Waals surface area contributed by atoms with Gasteiger partial charge in [0.2, 0.25) is 0 Å². The molecule has 0 atom stereocenters. The van der Waals surface area contributed by atoms with E-state index >= 15 is 0 Å². The molecule has 0 unspecified atom stereocenters. The van der Waals surface area contributed by atoms with Gasteiger partial charge in [-0.25, -0.2) is 4.39 Å². The minimum atomic E-state index is -0.267. The summed E-state index contributed by atoms with van der Waals surface area (Å²) < 4.78 is 13.4. The van der Waals surface area contributed by atoms with Crippen LogP contribution in [0.2, 0.25) is 0 Å². The second-order valence-electron chi connectivity index (χ2n) is 6.34. The molecule has 21 heavy (non-hydrogen) atoms. The zero-order chi connectivity index (χ0) is 14.7. The number of hydrogen-bond donors (Lipinski definition) is 1. The monoisotopic (exact) mass is 287 g/mol. The fourth-order valence-electron chi connectivity index (χ4n) is 2.71. The van der Waals surface area contributed by atoms with Crippen LogP contribution in [0.3, 0.4) is 0 Å². The molecule has 0 amide bonds. The Balaban J connectivity index is 1.73. The van der Waals surface area contributed by atoms with E-state index in [1.807, 2.05) is 6.07 Å². The van der Waals surface area contributed by atoms with Crippen LogP contribution in [0.25, 0.3) is 0 Å². The van der Waals surface area contributed by atoms with Gasteiger partial charge in [-0.05, 0) is 55.2 Å². The van der Waals surface area contributed by atoms with E-state index in [1.54, 1.807) is 0 Å². The van der Waals surface area contributed by atoms with Gasteiger partial charge in [0.05, 0.1) is 0 Å². The van der Waals surface area contributed by atoms with Crippen molar-refractivity contribution >= 4 is 0 Å². The van der Waals surface area contributed by atoms with Crippen LogP contribution in [0.15, 0.2) is 18.2 Å². The number of hydrogen-bond acceptors (Lipinski definition) is 2. The van der Waals surface area contributed by atoms with Gasteiger partial charge in [0.1, 0.15) is 12.4 Å². The normalized spacial score (nSPS) is 17.7. The fourth-order valence-corrected chi connectivity index (χ4v) is 2.71. The van der Waals surface area contributed by atoms with Crippen LogP contribution in [-0.2, 0) is 6.54 Å². The van der Waals surface area contributed by atoms with E-state index in [1.165, 1.54) is 37.8 Å². The van der Waals surface area contributed by atoms with Gasteiger partial charge >= 0.3 is 0 Å². The van der Waals surface area contributed by atoms with E-state index < -0.39 is 0 Å². The van der Waals surface area contributed by atoms with Gasteiger partial charge in [-0.2, -0.15) is 0 Å². The van der Waals surface area contributed by atoms with Crippen molar-refractivity contribution in [3.63, 3.8) is 0 Å². The van der Waals surface area contributed by atoms with Gasteiger partial charge in [-0.3, -0.25) is 4.90 Å². The quantitative estimate of drug-likeness (QED) is 0.813. The molecule has 0 spiro atoms. The van der Waals surface area contributed by atoms with Crippen LogP contribution in [0.4, 0.5) is 4.39 Å². The molecule has 2 saturated carbocycles. The maximum absolute atomic E-state index is 13.4. The summed E-state index contributed by atoms with van der Waals surface area (Å²) in [4.78, 5) is 2.51. The van der Waals surface area contributed by atoms with Crippen molar-refractivity contribution in [2.45, 2.75) is 32.2 Å². The molecule has 0 aromatic heterocycles. The van der Waals surface area contributed by atoms with Crippen LogP contribution in [0.5, 0.6) is 0 Å². The molecule has 2 nitrogen and oxygen atoms in total. The Morgan fingerprint density at radius 3 is 2.38 bits per heavy atom. The molecule has 1 aromatic carbocycles. The molecule has 3 rings (SSSR count). The summed E-state index contributed by atoms with van der Waals surface area (Å²) in [5, 5.41) is 8.85. The standard InChI is InChI=1S/C18H22FNO/c19-18-8-7-17(16(10-18)2-1-9-21)13-20(11-14-3-4-14)12-15-5-6-15/h7-8,10,14-15,21H,3-6,9,11-13H2. The van der Waals surface area contributed by atoms with E-state index in [-0.39, 0.29) is 12.4 Å². The Bertz CT molecular complexity index is 538. The highest BCUT2D eigenvalue weighted by molar-refractivity contribution is 5.41. The zero-order valence-corrected chi connectivity index (χ0v) is 12.3. The van der Waals surface area contributed by atoms with Gasteiger partial charge in [-0.1, -0.05) is 17.9 Å². The Morgan fingerprint density at radius 2 is 1.81 bits per heavy atom. The number of benzene rings is 1. The topological polar surface area (TPSA) is 23.5 Å². The van der Waals surface area contributed by atoms with E-state index in [0.717, 1.165) is 37.0 Å². The Kier molecular flexibility index (Phi) is 4.57. The summed E-state index contributed by atoms with van der Waals surface area (Å²) in [6.07, 6.45) is 5.40. The van der Waals surface area contributed by atoms with E-state index in [0.29, 0.717) is 5.56 Å². The molecule has 0 heterocycles. The second kappa shape index (κ2) is 6.60. The molecule has 1 N–H and O–H groups in total. The minimum absolute atomic E-state index is 0.191. The largest absolute Gasteiger partial charge is 0.384 e. The molecule has 0 radical (unpaired) electrons. The van der Waals surface area contributed by atoms with Crippen LogP contribution in [0.1, 0.15) is 36.8 Å². The predicted octanol–water partition coefficient (Wildman–Crippen LogP) is 2.79. The average molecular weight is 287 g/mol. The van der Waals surface area contributed by atoms with E-state index in [2.05, 4.69) is 16.7 Å². The minimum Gasteiger partial charge on any atom is -0.384 e. The third kappa shape index (κ3) is 4.56. The van der Waals surface area contributed by atoms with Gasteiger partial charge in [-0.15, -0.1) is 0 Å². The van der Waals surface area contributed by atoms with Crippen LogP contribution >= 0.6 is 0 Å². The Hall–Kier alpha value is -1.37. The van der Waals surface area contributed by atoms with Crippen molar-refractivity contribution in [2.75, 3.05) is 19.7 Å².